The number of carbonyl (C=O) groups excluding carboxylic acids is 1. The molecule has 1 N–H and O–H groups in total. The van der Waals surface area contributed by atoms with Crippen molar-refractivity contribution in [1.82, 2.24) is 8.61 Å². The highest BCUT2D eigenvalue weighted by Crippen LogP contribution is 2.29. The zero-order chi connectivity index (χ0) is 26.6. The molecular weight excluding hydrogens is 557 g/mol. The summed E-state index contributed by atoms with van der Waals surface area (Å²) in [5.41, 5.74) is 0.801. The Balaban J connectivity index is 1.39. The largest absolute Gasteiger partial charge is 0.326 e. The van der Waals surface area contributed by atoms with Crippen LogP contribution in [0.15, 0.2) is 47.4 Å². The molecule has 0 saturated carbocycles. The lowest BCUT2D eigenvalue weighted by atomic mass is 9.99. The fourth-order valence-electron chi connectivity index (χ4n) is 4.74. The van der Waals surface area contributed by atoms with Gasteiger partial charge < -0.3 is 5.32 Å². The van der Waals surface area contributed by atoms with E-state index in [0.29, 0.717) is 43.7 Å². The Morgan fingerprint density at radius 1 is 0.838 bits per heavy atom. The Bertz CT molecular complexity index is 1310. The average molecular weight is 589 g/mol. The number of hydrogen-bond acceptors (Lipinski definition) is 5. The molecule has 2 saturated heterocycles. The minimum Gasteiger partial charge on any atom is -0.326 e. The van der Waals surface area contributed by atoms with E-state index >= 15 is 0 Å². The van der Waals surface area contributed by atoms with Crippen molar-refractivity contribution in [3.8, 4) is 0 Å². The number of rotatable bonds is 7. The minimum absolute atomic E-state index is 0.0532. The first-order valence-electron chi connectivity index (χ1n) is 12.4. The molecule has 8 nitrogen and oxygen atoms in total. The molecule has 0 spiro atoms. The van der Waals surface area contributed by atoms with Gasteiger partial charge in [0.05, 0.1) is 16.6 Å². The molecule has 1 atom stereocenters. The van der Waals surface area contributed by atoms with E-state index in [4.69, 9.17) is 23.2 Å². The minimum atomic E-state index is -3.74. The van der Waals surface area contributed by atoms with E-state index < -0.39 is 26.0 Å². The number of piperidine rings is 1. The third-order valence-electron chi connectivity index (χ3n) is 6.86. The summed E-state index contributed by atoms with van der Waals surface area (Å²) in [7, 11) is -7.32. The van der Waals surface area contributed by atoms with Crippen molar-refractivity contribution < 1.29 is 21.6 Å². The monoisotopic (exact) mass is 587 g/mol. The molecule has 2 aromatic rings. The Kier molecular flexibility index (Phi) is 9.19. The summed E-state index contributed by atoms with van der Waals surface area (Å²) in [6, 6.07) is 11.0. The lowest BCUT2D eigenvalue weighted by Crippen LogP contribution is -2.44. The predicted octanol–water partition coefficient (Wildman–Crippen LogP) is 4.74. The van der Waals surface area contributed by atoms with Gasteiger partial charge in [0.25, 0.3) is 0 Å². The maximum Gasteiger partial charge on any atom is 0.243 e. The normalized spacial score (nSPS) is 20.3. The van der Waals surface area contributed by atoms with Gasteiger partial charge in [0, 0.05) is 47.5 Å². The summed E-state index contributed by atoms with van der Waals surface area (Å²) in [6.07, 6.45) is 4.86. The fourth-order valence-corrected chi connectivity index (χ4v) is 8.62. The molecule has 0 bridgehead atoms. The van der Waals surface area contributed by atoms with Gasteiger partial charge in [0.2, 0.25) is 26.0 Å². The van der Waals surface area contributed by atoms with Crippen LogP contribution in [0.2, 0.25) is 10.0 Å². The average Bonchev–Trinajstić information content (AvgIpc) is 3.17. The lowest BCUT2D eigenvalue weighted by Gasteiger charge is -2.31. The summed E-state index contributed by atoms with van der Waals surface area (Å²) < 4.78 is 55.0. The van der Waals surface area contributed by atoms with Gasteiger partial charge in [-0.05, 0) is 62.1 Å². The van der Waals surface area contributed by atoms with Crippen LogP contribution in [-0.4, -0.2) is 57.5 Å². The fraction of sp³-hybridized carbons (Fsp3) is 0.480. The second-order valence-electron chi connectivity index (χ2n) is 9.49. The number of sulfonamides is 2. The number of nitrogens with one attached hydrogen (secondary N) is 1. The molecule has 2 aliphatic heterocycles. The van der Waals surface area contributed by atoms with E-state index in [-0.39, 0.29) is 33.1 Å². The van der Waals surface area contributed by atoms with Crippen LogP contribution in [0.3, 0.4) is 0 Å². The summed E-state index contributed by atoms with van der Waals surface area (Å²) in [4.78, 5) is 13.2. The van der Waals surface area contributed by atoms with Crippen molar-refractivity contribution in [2.24, 2.45) is 5.92 Å². The van der Waals surface area contributed by atoms with Gasteiger partial charge in [-0.15, -0.1) is 0 Å². The van der Waals surface area contributed by atoms with Crippen LogP contribution >= 0.6 is 23.2 Å². The summed E-state index contributed by atoms with van der Waals surface area (Å²) in [5, 5.41) is 3.37. The van der Waals surface area contributed by atoms with E-state index in [1.165, 1.54) is 20.7 Å². The van der Waals surface area contributed by atoms with Crippen LogP contribution < -0.4 is 5.32 Å². The molecule has 2 heterocycles. The number of benzene rings is 2. The van der Waals surface area contributed by atoms with Gasteiger partial charge >= 0.3 is 0 Å². The van der Waals surface area contributed by atoms with Crippen LogP contribution in [0.25, 0.3) is 0 Å². The third-order valence-corrected chi connectivity index (χ3v) is 11.3. The molecule has 202 valence electrons. The Morgan fingerprint density at radius 3 is 2.05 bits per heavy atom. The first kappa shape index (κ1) is 28.3. The summed E-state index contributed by atoms with van der Waals surface area (Å²) in [6.45, 7) is 1.41. The maximum atomic E-state index is 13.1. The topological polar surface area (TPSA) is 104 Å². The van der Waals surface area contributed by atoms with Gasteiger partial charge in [-0.25, -0.2) is 21.1 Å². The molecule has 2 fully saturated rings. The first-order valence-corrected chi connectivity index (χ1v) is 16.2. The van der Waals surface area contributed by atoms with Crippen molar-refractivity contribution in [1.29, 1.82) is 0 Å². The molecule has 0 aliphatic carbocycles. The van der Waals surface area contributed by atoms with Crippen LogP contribution in [-0.2, 0) is 30.6 Å². The second-order valence-corrected chi connectivity index (χ2v) is 14.2. The Morgan fingerprint density at radius 2 is 1.43 bits per heavy atom. The molecule has 0 radical (unpaired) electrons. The molecule has 2 aromatic carbocycles. The highest BCUT2D eigenvalue weighted by molar-refractivity contribution is 7.89. The SMILES string of the molecule is O=C(Nc1ccc(S(=O)(=O)N2CCCCCC2)cc1)[C@@H]1CCCN(S(=O)(=O)Cc2c(Cl)cccc2Cl)C1. The lowest BCUT2D eigenvalue weighted by molar-refractivity contribution is -0.120. The first-order chi connectivity index (χ1) is 17.6. The van der Waals surface area contributed by atoms with E-state index in [2.05, 4.69) is 5.32 Å². The molecular formula is C25H31Cl2N3O5S2. The summed E-state index contributed by atoms with van der Waals surface area (Å²) in [5.74, 6) is -1.18. The van der Waals surface area contributed by atoms with Gasteiger partial charge in [-0.3, -0.25) is 4.79 Å². The van der Waals surface area contributed by atoms with Crippen LogP contribution in [0, 0.1) is 5.92 Å². The van der Waals surface area contributed by atoms with Crippen molar-refractivity contribution in [2.45, 2.75) is 49.2 Å². The highest BCUT2D eigenvalue weighted by atomic mass is 35.5. The number of amides is 1. The van der Waals surface area contributed by atoms with Crippen molar-refractivity contribution in [3.05, 3.63) is 58.1 Å². The third kappa shape index (κ3) is 6.85. The number of anilines is 1. The quantitative estimate of drug-likeness (QED) is 0.504. The van der Waals surface area contributed by atoms with Gasteiger partial charge in [-0.2, -0.15) is 4.31 Å². The number of carbonyl (C=O) groups is 1. The standard InChI is InChI=1S/C25H31Cl2N3O5S2/c26-23-8-5-9-24(27)22(23)18-36(32,33)30-16-6-7-19(17-30)25(31)28-20-10-12-21(13-11-20)37(34,35)29-14-3-1-2-4-15-29/h5,8-13,19H,1-4,6-7,14-18H2,(H,28,31)/t19-/m1/s1. The van der Waals surface area contributed by atoms with E-state index in [9.17, 15) is 21.6 Å². The number of hydrogen-bond donors (Lipinski definition) is 1. The van der Waals surface area contributed by atoms with Gasteiger partial charge in [0.1, 0.15) is 0 Å². The zero-order valence-electron chi connectivity index (χ0n) is 20.4. The van der Waals surface area contributed by atoms with Crippen LogP contribution in [0.5, 0.6) is 0 Å². The molecule has 2 aliphatic rings. The smallest absolute Gasteiger partial charge is 0.243 e. The molecule has 12 heteroatoms. The number of halogens is 2. The molecule has 0 aromatic heterocycles. The van der Waals surface area contributed by atoms with Crippen LogP contribution in [0.4, 0.5) is 5.69 Å². The zero-order valence-corrected chi connectivity index (χ0v) is 23.5. The van der Waals surface area contributed by atoms with E-state index in [0.717, 1.165) is 25.7 Å². The van der Waals surface area contributed by atoms with Crippen molar-refractivity contribution in [2.75, 3.05) is 31.5 Å². The van der Waals surface area contributed by atoms with E-state index in [1.54, 1.807) is 30.3 Å². The highest BCUT2D eigenvalue weighted by Gasteiger charge is 2.33. The van der Waals surface area contributed by atoms with Gasteiger partial charge in [0.15, 0.2) is 0 Å². The Labute approximate surface area is 229 Å². The molecule has 37 heavy (non-hydrogen) atoms. The molecule has 1 amide bonds. The molecule has 0 unspecified atom stereocenters. The maximum absolute atomic E-state index is 13.1. The second kappa shape index (κ2) is 12.0. The van der Waals surface area contributed by atoms with Crippen molar-refractivity contribution in [3.63, 3.8) is 0 Å². The van der Waals surface area contributed by atoms with Crippen LogP contribution in [0.1, 0.15) is 44.1 Å². The predicted molar refractivity (Wildman–Crippen MR) is 146 cm³/mol. The van der Waals surface area contributed by atoms with Crippen molar-refractivity contribution >= 4 is 54.8 Å². The van der Waals surface area contributed by atoms with Gasteiger partial charge in [-0.1, -0.05) is 42.1 Å². The molecule has 4 rings (SSSR count). The number of nitrogens with zero attached hydrogens (tertiary/aromatic N) is 2. The van der Waals surface area contributed by atoms with E-state index in [1.807, 2.05) is 0 Å². The Hall–Kier alpha value is -1.69. The summed E-state index contributed by atoms with van der Waals surface area (Å²) >= 11 is 12.3.